The van der Waals surface area contributed by atoms with Crippen LogP contribution in [0, 0.1) is 0 Å². The predicted molar refractivity (Wildman–Crippen MR) is 95.1 cm³/mol. The van der Waals surface area contributed by atoms with E-state index in [1.165, 1.54) is 0 Å². The molecule has 3 nitrogen and oxygen atoms in total. The summed E-state index contributed by atoms with van der Waals surface area (Å²) in [6.45, 7) is 6.33. The maximum atomic E-state index is 5.97. The highest BCUT2D eigenvalue weighted by molar-refractivity contribution is 7.98. The summed E-state index contributed by atoms with van der Waals surface area (Å²) in [6.07, 6.45) is 2.06. The van der Waals surface area contributed by atoms with Crippen LogP contribution < -0.4 is 10.6 Å². The number of rotatable bonds is 7. The summed E-state index contributed by atoms with van der Waals surface area (Å²) in [6, 6.07) is 6.67. The van der Waals surface area contributed by atoms with Crippen LogP contribution in [0.25, 0.3) is 0 Å². The largest absolute Gasteiger partial charge is 0.389 e. The molecule has 20 heavy (non-hydrogen) atoms. The molecule has 1 aromatic rings. The average molecular weight is 312 g/mol. The van der Waals surface area contributed by atoms with Crippen molar-refractivity contribution in [3.63, 3.8) is 0 Å². The molecule has 0 radical (unpaired) electrons. The van der Waals surface area contributed by atoms with Crippen molar-refractivity contribution in [3.8, 4) is 0 Å². The van der Waals surface area contributed by atoms with Crippen LogP contribution in [0.5, 0.6) is 0 Å². The smallest absolute Gasteiger partial charge is 0.107 e. The van der Waals surface area contributed by atoms with Gasteiger partial charge in [0.15, 0.2) is 0 Å². The zero-order chi connectivity index (χ0) is 15.3. The molecule has 0 bridgehead atoms. The van der Waals surface area contributed by atoms with Gasteiger partial charge in [0, 0.05) is 35.3 Å². The summed E-state index contributed by atoms with van der Waals surface area (Å²) in [4.78, 5) is 6.19. The summed E-state index contributed by atoms with van der Waals surface area (Å²) < 4.78 is 0. The number of thiocarbonyl (C=S) groups is 1. The Morgan fingerprint density at radius 2 is 2.05 bits per heavy atom. The van der Waals surface area contributed by atoms with Gasteiger partial charge in [-0.2, -0.15) is 0 Å². The number of thioether (sulfide) groups is 1. The Morgan fingerprint density at radius 3 is 2.50 bits per heavy atom. The quantitative estimate of drug-likeness (QED) is 0.618. The van der Waals surface area contributed by atoms with Crippen molar-refractivity contribution < 1.29 is 0 Å². The zero-order valence-corrected chi connectivity index (χ0v) is 14.6. The van der Waals surface area contributed by atoms with Gasteiger partial charge >= 0.3 is 0 Å². The average Bonchev–Trinajstić information content (AvgIpc) is 2.37. The minimum absolute atomic E-state index is 0.403. The van der Waals surface area contributed by atoms with Crippen LogP contribution in [0.3, 0.4) is 0 Å². The van der Waals surface area contributed by atoms with E-state index in [4.69, 9.17) is 18.0 Å². The first-order valence-electron chi connectivity index (χ1n) is 6.80. The van der Waals surface area contributed by atoms with Gasteiger partial charge in [-0.15, -0.1) is 11.8 Å². The Hall–Kier alpha value is -0.780. The third-order valence-corrected chi connectivity index (χ3v) is 4.27. The van der Waals surface area contributed by atoms with Gasteiger partial charge in [-0.3, -0.25) is 0 Å². The molecule has 0 aliphatic carbocycles. The molecule has 0 amide bonds. The Labute approximate surface area is 132 Å². The fourth-order valence-electron chi connectivity index (χ4n) is 2.52. The van der Waals surface area contributed by atoms with Gasteiger partial charge in [0.05, 0.1) is 0 Å². The summed E-state index contributed by atoms with van der Waals surface area (Å²) in [5.41, 5.74) is 8.11. The maximum Gasteiger partial charge on any atom is 0.107 e. The molecule has 2 N–H and O–H groups in total. The molecule has 0 aliphatic heterocycles. The molecule has 0 heterocycles. The van der Waals surface area contributed by atoms with E-state index in [1.807, 2.05) is 0 Å². The number of hydrogen-bond donors (Lipinski definition) is 1. The molecule has 5 heteroatoms. The third-order valence-electron chi connectivity index (χ3n) is 3.28. The van der Waals surface area contributed by atoms with E-state index in [9.17, 15) is 0 Å². The normalized spacial score (nSPS) is 12.5. The second-order valence-corrected chi connectivity index (χ2v) is 6.40. The molecule has 0 fully saturated rings. The van der Waals surface area contributed by atoms with Gasteiger partial charge in [0.25, 0.3) is 0 Å². The lowest BCUT2D eigenvalue weighted by molar-refractivity contribution is 0.373. The number of benzene rings is 1. The molecule has 0 aliphatic rings. The fraction of sp³-hybridized carbons (Fsp3) is 0.533. The number of likely N-dealkylation sites (N-methyl/N-ethyl adjacent to an activating group) is 2. The molecule has 0 aromatic heterocycles. The lowest BCUT2D eigenvalue weighted by Crippen LogP contribution is -2.41. The first-order valence-corrected chi connectivity index (χ1v) is 8.43. The van der Waals surface area contributed by atoms with Crippen molar-refractivity contribution in [2.75, 3.05) is 38.3 Å². The van der Waals surface area contributed by atoms with Crippen molar-refractivity contribution in [3.05, 3.63) is 23.8 Å². The van der Waals surface area contributed by atoms with Crippen LogP contribution >= 0.6 is 24.0 Å². The van der Waals surface area contributed by atoms with E-state index in [0.29, 0.717) is 11.0 Å². The summed E-state index contributed by atoms with van der Waals surface area (Å²) in [5.74, 6) is 0. The highest BCUT2D eigenvalue weighted by atomic mass is 32.2. The second kappa shape index (κ2) is 7.86. The van der Waals surface area contributed by atoms with Crippen LogP contribution in [0.1, 0.15) is 19.4 Å². The standard InChI is InChI=1S/C15H25N3S2/c1-6-18(11(2)10-17(3)4)12-8-7-9-13(20-5)14(12)15(16)19/h7-9,11H,6,10H2,1-5H3,(H2,16,19). The van der Waals surface area contributed by atoms with Gasteiger partial charge in [-0.25, -0.2) is 0 Å². The molecule has 112 valence electrons. The summed E-state index contributed by atoms with van der Waals surface area (Å²) in [5, 5.41) is 0. The van der Waals surface area contributed by atoms with E-state index in [1.54, 1.807) is 11.8 Å². The van der Waals surface area contributed by atoms with Gasteiger partial charge in [-0.1, -0.05) is 18.3 Å². The molecule has 1 aromatic carbocycles. The molecular weight excluding hydrogens is 286 g/mol. The monoisotopic (exact) mass is 311 g/mol. The predicted octanol–water partition coefficient (Wildman–Crippen LogP) is 2.82. The maximum absolute atomic E-state index is 5.97. The molecule has 1 unspecified atom stereocenters. The molecular formula is C15H25N3S2. The van der Waals surface area contributed by atoms with Crippen molar-refractivity contribution in [1.29, 1.82) is 0 Å². The van der Waals surface area contributed by atoms with Crippen LogP contribution in [0.4, 0.5) is 5.69 Å². The van der Waals surface area contributed by atoms with Crippen molar-refractivity contribution >= 4 is 34.7 Å². The number of anilines is 1. The lowest BCUT2D eigenvalue weighted by atomic mass is 10.1. The van der Waals surface area contributed by atoms with E-state index in [0.717, 1.165) is 29.2 Å². The van der Waals surface area contributed by atoms with E-state index < -0.39 is 0 Å². The molecule has 0 saturated carbocycles. The molecule has 1 atom stereocenters. The number of hydrogen-bond acceptors (Lipinski definition) is 4. The molecule has 1 rings (SSSR count). The fourth-order valence-corrected chi connectivity index (χ4v) is 3.44. The van der Waals surface area contributed by atoms with Crippen LogP contribution in [-0.4, -0.2) is 49.4 Å². The third kappa shape index (κ3) is 4.11. The van der Waals surface area contributed by atoms with E-state index in [-0.39, 0.29) is 0 Å². The van der Waals surface area contributed by atoms with Crippen molar-refractivity contribution in [2.45, 2.75) is 24.8 Å². The van der Waals surface area contributed by atoms with E-state index in [2.05, 4.69) is 62.2 Å². The van der Waals surface area contributed by atoms with Gasteiger partial charge in [0.1, 0.15) is 4.99 Å². The van der Waals surface area contributed by atoms with Gasteiger partial charge in [0.2, 0.25) is 0 Å². The Kier molecular flexibility index (Phi) is 6.79. The summed E-state index contributed by atoms with van der Waals surface area (Å²) in [7, 11) is 4.19. The zero-order valence-electron chi connectivity index (χ0n) is 13.0. The van der Waals surface area contributed by atoms with E-state index >= 15 is 0 Å². The molecule has 0 spiro atoms. The van der Waals surface area contributed by atoms with Crippen molar-refractivity contribution in [1.82, 2.24) is 4.90 Å². The minimum atomic E-state index is 0.403. The van der Waals surface area contributed by atoms with Gasteiger partial charge in [-0.05, 0) is 46.3 Å². The number of nitrogens with zero attached hydrogens (tertiary/aromatic N) is 2. The first-order chi connectivity index (χ1) is 9.42. The highest BCUT2D eigenvalue weighted by Gasteiger charge is 2.19. The minimum Gasteiger partial charge on any atom is -0.389 e. The van der Waals surface area contributed by atoms with Crippen LogP contribution in [0.2, 0.25) is 0 Å². The Morgan fingerprint density at radius 1 is 1.40 bits per heavy atom. The van der Waals surface area contributed by atoms with Crippen molar-refractivity contribution in [2.24, 2.45) is 5.73 Å². The summed E-state index contributed by atoms with van der Waals surface area (Å²) >= 11 is 6.96. The van der Waals surface area contributed by atoms with Crippen LogP contribution in [0.15, 0.2) is 23.1 Å². The second-order valence-electron chi connectivity index (χ2n) is 5.12. The SMILES string of the molecule is CCN(c1cccc(SC)c1C(N)=S)C(C)CN(C)C. The Balaban J connectivity index is 3.24. The Bertz CT molecular complexity index is 460. The van der Waals surface area contributed by atoms with Gasteiger partial charge < -0.3 is 15.5 Å². The highest BCUT2D eigenvalue weighted by Crippen LogP contribution is 2.30. The molecule has 0 saturated heterocycles. The number of nitrogens with two attached hydrogens (primary N) is 1. The first kappa shape index (κ1) is 17.3. The topological polar surface area (TPSA) is 32.5 Å². The van der Waals surface area contributed by atoms with Crippen LogP contribution in [-0.2, 0) is 0 Å². The lowest BCUT2D eigenvalue weighted by Gasteiger charge is -2.34.